The summed E-state index contributed by atoms with van der Waals surface area (Å²) in [5.41, 5.74) is 3.43. The van der Waals surface area contributed by atoms with Crippen LogP contribution in [0.15, 0.2) is 12.1 Å². The Bertz CT molecular complexity index is 292. The number of rotatable bonds is 0. The van der Waals surface area contributed by atoms with E-state index in [0.717, 1.165) is 0 Å². The van der Waals surface area contributed by atoms with Gasteiger partial charge in [0.15, 0.2) is 0 Å². The van der Waals surface area contributed by atoms with Crippen LogP contribution in [0, 0.1) is 11.9 Å². The van der Waals surface area contributed by atoms with E-state index in [1.807, 2.05) is 6.07 Å². The standard InChI is InChI=1S/C7H4F4N/c8-5-3-4(7(9,10)11)1-2-6(5)12/h1,3H,12H2. The second-order valence-electron chi connectivity index (χ2n) is 2.15. The van der Waals surface area contributed by atoms with E-state index in [1.54, 1.807) is 0 Å². The van der Waals surface area contributed by atoms with Crippen LogP contribution in [-0.2, 0) is 6.18 Å². The van der Waals surface area contributed by atoms with Crippen molar-refractivity contribution in [1.82, 2.24) is 0 Å². The highest BCUT2D eigenvalue weighted by atomic mass is 19.4. The van der Waals surface area contributed by atoms with Crippen LogP contribution in [-0.4, -0.2) is 0 Å². The molecular formula is C7H4F4N. The zero-order chi connectivity index (χ0) is 9.35. The summed E-state index contributed by atoms with van der Waals surface area (Å²) in [5, 5.41) is 0. The van der Waals surface area contributed by atoms with Gasteiger partial charge < -0.3 is 5.73 Å². The fourth-order valence-electron chi connectivity index (χ4n) is 0.644. The number of benzene rings is 1. The van der Waals surface area contributed by atoms with Crippen LogP contribution in [0.3, 0.4) is 0 Å². The van der Waals surface area contributed by atoms with Gasteiger partial charge in [-0.2, -0.15) is 13.2 Å². The fourth-order valence-corrected chi connectivity index (χ4v) is 0.644. The van der Waals surface area contributed by atoms with Crippen molar-refractivity contribution in [2.24, 2.45) is 0 Å². The Kier molecular flexibility index (Phi) is 1.95. The lowest BCUT2D eigenvalue weighted by Crippen LogP contribution is -2.06. The van der Waals surface area contributed by atoms with Crippen LogP contribution in [0.1, 0.15) is 5.56 Å². The molecule has 0 spiro atoms. The van der Waals surface area contributed by atoms with Crippen molar-refractivity contribution in [3.8, 4) is 0 Å². The zero-order valence-corrected chi connectivity index (χ0v) is 5.74. The normalized spacial score (nSPS) is 11.7. The minimum atomic E-state index is -4.55. The second-order valence-corrected chi connectivity index (χ2v) is 2.15. The van der Waals surface area contributed by atoms with Crippen LogP contribution >= 0.6 is 0 Å². The van der Waals surface area contributed by atoms with Crippen LogP contribution in [0.25, 0.3) is 0 Å². The molecule has 0 heterocycles. The summed E-state index contributed by atoms with van der Waals surface area (Å²) in [7, 11) is 0. The highest BCUT2D eigenvalue weighted by molar-refractivity contribution is 5.40. The number of alkyl halides is 3. The molecule has 0 amide bonds. The Hall–Kier alpha value is -1.26. The van der Waals surface area contributed by atoms with Gasteiger partial charge in [-0.3, -0.25) is 0 Å². The predicted octanol–water partition coefficient (Wildman–Crippen LogP) is 2.23. The first kappa shape index (κ1) is 8.83. The van der Waals surface area contributed by atoms with Gasteiger partial charge in [0.25, 0.3) is 0 Å². The van der Waals surface area contributed by atoms with Crippen LogP contribution in [0.2, 0.25) is 0 Å². The molecule has 0 aromatic heterocycles. The third kappa shape index (κ3) is 1.66. The van der Waals surface area contributed by atoms with Crippen molar-refractivity contribution < 1.29 is 17.6 Å². The van der Waals surface area contributed by atoms with Crippen molar-refractivity contribution in [3.63, 3.8) is 0 Å². The fraction of sp³-hybridized carbons (Fsp3) is 0.143. The van der Waals surface area contributed by atoms with E-state index in [9.17, 15) is 17.6 Å². The van der Waals surface area contributed by atoms with Gasteiger partial charge in [-0.05, 0) is 12.1 Å². The van der Waals surface area contributed by atoms with Crippen LogP contribution in [0.5, 0.6) is 0 Å². The Labute approximate surface area is 65.8 Å². The Morgan fingerprint density at radius 1 is 1.33 bits per heavy atom. The number of halogens is 4. The van der Waals surface area contributed by atoms with Crippen molar-refractivity contribution in [2.75, 3.05) is 5.73 Å². The smallest absolute Gasteiger partial charge is 0.396 e. The molecule has 0 atom stereocenters. The molecule has 0 bridgehead atoms. The summed E-state index contributed by atoms with van der Waals surface area (Å²) in [5.74, 6) is -1.11. The molecule has 0 fully saturated rings. The van der Waals surface area contributed by atoms with Gasteiger partial charge in [0.1, 0.15) is 5.82 Å². The van der Waals surface area contributed by atoms with E-state index in [-0.39, 0.29) is 0 Å². The highest BCUT2D eigenvalue weighted by Crippen LogP contribution is 2.30. The average molecular weight is 178 g/mol. The van der Waals surface area contributed by atoms with Gasteiger partial charge in [0, 0.05) is 6.07 Å². The first-order valence-electron chi connectivity index (χ1n) is 2.95. The Balaban J connectivity index is 3.14. The van der Waals surface area contributed by atoms with Gasteiger partial charge in [-0.25, -0.2) is 4.39 Å². The number of hydrogen-bond acceptors (Lipinski definition) is 1. The molecule has 12 heavy (non-hydrogen) atoms. The van der Waals surface area contributed by atoms with E-state index in [4.69, 9.17) is 5.73 Å². The molecule has 0 aliphatic heterocycles. The number of hydrogen-bond donors (Lipinski definition) is 1. The minimum absolute atomic E-state index is 0.339. The molecule has 2 N–H and O–H groups in total. The first-order chi connectivity index (χ1) is 5.41. The monoisotopic (exact) mass is 178 g/mol. The summed E-state index contributed by atoms with van der Waals surface area (Å²) >= 11 is 0. The number of nitrogens with two attached hydrogens (primary N) is 1. The van der Waals surface area contributed by atoms with Crippen LogP contribution in [0.4, 0.5) is 23.2 Å². The summed E-state index contributed by atoms with van der Waals surface area (Å²) in [6, 6.07) is 2.91. The van der Waals surface area contributed by atoms with E-state index >= 15 is 0 Å². The largest absolute Gasteiger partial charge is 0.416 e. The van der Waals surface area contributed by atoms with Gasteiger partial charge in [-0.15, -0.1) is 0 Å². The van der Waals surface area contributed by atoms with Crippen molar-refractivity contribution in [1.29, 1.82) is 0 Å². The van der Waals surface area contributed by atoms with Gasteiger partial charge in [0.05, 0.1) is 11.3 Å². The molecule has 1 nitrogen and oxygen atoms in total. The van der Waals surface area contributed by atoms with Crippen LogP contribution < -0.4 is 5.73 Å². The number of anilines is 1. The summed E-state index contributed by atoms with van der Waals surface area (Å²) in [6.45, 7) is 0. The number of nitrogen functional groups attached to an aromatic ring is 1. The quantitative estimate of drug-likeness (QED) is 0.478. The Morgan fingerprint density at radius 3 is 2.33 bits per heavy atom. The maximum atomic E-state index is 12.5. The molecule has 1 rings (SSSR count). The molecule has 1 aromatic rings. The molecule has 5 heteroatoms. The zero-order valence-electron chi connectivity index (χ0n) is 5.74. The molecule has 65 valence electrons. The van der Waals surface area contributed by atoms with Gasteiger partial charge >= 0.3 is 6.18 Å². The van der Waals surface area contributed by atoms with E-state index in [2.05, 4.69) is 0 Å². The minimum Gasteiger partial charge on any atom is -0.396 e. The SMILES string of the molecule is Nc1[c]cc(C(F)(F)F)cc1F. The van der Waals surface area contributed by atoms with Gasteiger partial charge in [-0.1, -0.05) is 0 Å². The van der Waals surface area contributed by atoms with Crippen molar-refractivity contribution in [2.45, 2.75) is 6.18 Å². The molecule has 0 aliphatic rings. The molecule has 0 aliphatic carbocycles. The highest BCUT2D eigenvalue weighted by Gasteiger charge is 2.30. The van der Waals surface area contributed by atoms with Crippen molar-refractivity contribution >= 4 is 5.69 Å². The lowest BCUT2D eigenvalue weighted by molar-refractivity contribution is -0.137. The third-order valence-corrected chi connectivity index (χ3v) is 1.25. The topological polar surface area (TPSA) is 26.0 Å². The molecule has 0 unspecified atom stereocenters. The lowest BCUT2D eigenvalue weighted by Gasteiger charge is -2.06. The molecule has 1 radical (unpaired) electrons. The second kappa shape index (κ2) is 2.66. The summed E-state index contributed by atoms with van der Waals surface area (Å²) < 4.78 is 48.1. The van der Waals surface area contributed by atoms with Crippen molar-refractivity contribution in [3.05, 3.63) is 29.6 Å². The molecule has 0 saturated heterocycles. The van der Waals surface area contributed by atoms with E-state index < -0.39 is 23.2 Å². The first-order valence-corrected chi connectivity index (χ1v) is 2.95. The summed E-state index contributed by atoms with van der Waals surface area (Å²) in [6.07, 6.45) is -4.55. The molecule has 0 saturated carbocycles. The third-order valence-electron chi connectivity index (χ3n) is 1.25. The lowest BCUT2D eigenvalue weighted by atomic mass is 10.2. The molecule has 1 aromatic carbocycles. The maximum Gasteiger partial charge on any atom is 0.416 e. The summed E-state index contributed by atoms with van der Waals surface area (Å²) in [4.78, 5) is 0. The maximum absolute atomic E-state index is 12.5. The predicted molar refractivity (Wildman–Crippen MR) is 34.7 cm³/mol. The molecular weight excluding hydrogens is 174 g/mol. The van der Waals surface area contributed by atoms with Gasteiger partial charge in [0.2, 0.25) is 0 Å². The Morgan fingerprint density at radius 2 is 1.92 bits per heavy atom. The average Bonchev–Trinajstić information content (AvgIpc) is 1.92. The van der Waals surface area contributed by atoms with E-state index in [1.165, 1.54) is 0 Å². The van der Waals surface area contributed by atoms with E-state index in [0.29, 0.717) is 12.1 Å².